The summed E-state index contributed by atoms with van der Waals surface area (Å²) in [7, 11) is 4.01. The molecule has 0 aromatic heterocycles. The lowest BCUT2D eigenvalue weighted by Gasteiger charge is -2.31. The van der Waals surface area contributed by atoms with Crippen LogP contribution in [0, 0.1) is 0 Å². The Morgan fingerprint density at radius 3 is 1.80 bits per heavy atom. The average molecular weight is 577 g/mol. The van der Waals surface area contributed by atoms with Crippen LogP contribution in [0.25, 0.3) is 0 Å². The topological polar surface area (TPSA) is 199 Å². The minimum absolute atomic E-state index is 0.00615. The summed E-state index contributed by atoms with van der Waals surface area (Å²) in [5.74, 6) is -1.25. The second kappa shape index (κ2) is 14.2. The lowest BCUT2D eigenvalue weighted by atomic mass is 9.84. The Bertz CT molecular complexity index is 1300. The van der Waals surface area contributed by atoms with E-state index >= 15 is 0 Å². The third kappa shape index (κ3) is 6.93. The van der Waals surface area contributed by atoms with Crippen LogP contribution in [0.2, 0.25) is 0 Å². The molecule has 0 aliphatic carbocycles. The second-order valence-corrected chi connectivity index (χ2v) is 9.22. The van der Waals surface area contributed by atoms with Crippen LogP contribution in [0.4, 0.5) is 0 Å². The third-order valence-corrected chi connectivity index (χ3v) is 6.75. The molecule has 12 nitrogen and oxygen atoms in total. The number of phenolic OH excluding ortho intramolecular Hbond substituents is 2. The Morgan fingerprint density at radius 2 is 1.22 bits per heavy atom. The minimum Gasteiger partial charge on any atom is -0.504 e. The van der Waals surface area contributed by atoms with Crippen molar-refractivity contribution < 1.29 is 59.8 Å². The van der Waals surface area contributed by atoms with Gasteiger partial charge in [-0.1, -0.05) is 12.1 Å². The summed E-state index contributed by atoms with van der Waals surface area (Å²) in [4.78, 5) is 0. The maximum absolute atomic E-state index is 11.3. The monoisotopic (exact) mass is 576 g/mol. The summed E-state index contributed by atoms with van der Waals surface area (Å²) in [6.07, 6.45) is -5.44. The van der Waals surface area contributed by atoms with Gasteiger partial charge in [-0.3, -0.25) is 0 Å². The molecule has 0 bridgehead atoms. The highest BCUT2D eigenvalue weighted by molar-refractivity contribution is 5.51. The molecule has 224 valence electrons. The van der Waals surface area contributed by atoms with Crippen LogP contribution in [0.15, 0.2) is 48.5 Å². The summed E-state index contributed by atoms with van der Waals surface area (Å²) < 4.78 is 21.9. The number of aromatic hydroxyl groups is 2. The lowest BCUT2D eigenvalue weighted by Crippen LogP contribution is -2.29. The standard InChI is InChI=1S/C29H36O12/c1-38-25-9-16(4-6-20(25)33)28(37)19(12-30)17-10-21(34)26(39-2)11-18(17)29(23(36)14-32)41-24-7-5-15(22(35)13-31)8-27(24)40-3/h4-11,19,22-23,28-37H,12-14H2,1-3H3. The van der Waals surface area contributed by atoms with Crippen LogP contribution in [0.1, 0.15) is 46.5 Å². The van der Waals surface area contributed by atoms with Crippen molar-refractivity contribution in [3.63, 3.8) is 0 Å². The molecule has 0 saturated carbocycles. The maximum atomic E-state index is 11.3. The van der Waals surface area contributed by atoms with E-state index in [0.29, 0.717) is 5.56 Å². The highest BCUT2D eigenvalue weighted by Gasteiger charge is 2.33. The molecular weight excluding hydrogens is 540 g/mol. The zero-order chi connectivity index (χ0) is 30.3. The fraction of sp³-hybridized carbons (Fsp3) is 0.379. The molecular formula is C29H36O12. The van der Waals surface area contributed by atoms with E-state index in [1.807, 2.05) is 0 Å². The predicted molar refractivity (Wildman–Crippen MR) is 146 cm³/mol. The number of hydrogen-bond acceptors (Lipinski definition) is 12. The van der Waals surface area contributed by atoms with E-state index in [2.05, 4.69) is 0 Å². The molecule has 5 atom stereocenters. The molecule has 0 spiro atoms. The number of benzene rings is 3. The largest absolute Gasteiger partial charge is 0.504 e. The molecule has 41 heavy (non-hydrogen) atoms. The number of phenols is 2. The SMILES string of the molecule is COc1cc(C(O)C(CO)c2cc(O)c(OC)cc2C(Oc2ccc(C(O)CO)cc2OC)C(O)CO)ccc1O. The van der Waals surface area contributed by atoms with Crippen molar-refractivity contribution in [3.8, 4) is 34.5 Å². The molecule has 0 radical (unpaired) electrons. The highest BCUT2D eigenvalue weighted by atomic mass is 16.5. The van der Waals surface area contributed by atoms with Crippen LogP contribution in [-0.2, 0) is 0 Å². The zero-order valence-electron chi connectivity index (χ0n) is 22.8. The number of aliphatic hydroxyl groups is 6. The van der Waals surface area contributed by atoms with Crippen LogP contribution < -0.4 is 18.9 Å². The van der Waals surface area contributed by atoms with Gasteiger partial charge in [-0.15, -0.1) is 0 Å². The minimum atomic E-state index is -1.54. The van der Waals surface area contributed by atoms with E-state index in [1.165, 1.54) is 69.9 Å². The molecule has 0 fully saturated rings. The molecule has 0 aliphatic rings. The van der Waals surface area contributed by atoms with Crippen molar-refractivity contribution in [3.05, 3.63) is 70.8 Å². The van der Waals surface area contributed by atoms with Gasteiger partial charge in [-0.05, 0) is 53.1 Å². The fourth-order valence-electron chi connectivity index (χ4n) is 4.49. The zero-order valence-corrected chi connectivity index (χ0v) is 22.8. The van der Waals surface area contributed by atoms with Crippen molar-refractivity contribution in [1.29, 1.82) is 0 Å². The summed E-state index contributed by atoms with van der Waals surface area (Å²) in [5, 5.41) is 82.4. The molecule has 3 aromatic rings. The van der Waals surface area contributed by atoms with E-state index in [9.17, 15) is 40.9 Å². The quantitative estimate of drug-likeness (QED) is 0.138. The van der Waals surface area contributed by atoms with E-state index in [-0.39, 0.29) is 51.2 Å². The van der Waals surface area contributed by atoms with Gasteiger partial charge in [0.25, 0.3) is 0 Å². The summed E-state index contributed by atoms with van der Waals surface area (Å²) in [6.45, 7) is -1.90. The van der Waals surface area contributed by atoms with Crippen LogP contribution in [0.5, 0.6) is 34.5 Å². The van der Waals surface area contributed by atoms with E-state index in [0.717, 1.165) is 0 Å². The smallest absolute Gasteiger partial charge is 0.162 e. The molecule has 0 aliphatic heterocycles. The molecule has 8 N–H and O–H groups in total. The van der Waals surface area contributed by atoms with Gasteiger partial charge in [-0.2, -0.15) is 0 Å². The number of hydrogen-bond donors (Lipinski definition) is 8. The van der Waals surface area contributed by atoms with Crippen LogP contribution >= 0.6 is 0 Å². The first-order valence-corrected chi connectivity index (χ1v) is 12.6. The number of methoxy groups -OCH3 is 3. The van der Waals surface area contributed by atoms with Crippen molar-refractivity contribution in [2.75, 3.05) is 41.2 Å². The van der Waals surface area contributed by atoms with E-state index in [1.54, 1.807) is 0 Å². The van der Waals surface area contributed by atoms with Crippen molar-refractivity contribution in [2.24, 2.45) is 0 Å². The molecule has 0 amide bonds. The molecule has 0 saturated heterocycles. The first-order valence-electron chi connectivity index (χ1n) is 12.6. The first-order chi connectivity index (χ1) is 19.6. The normalized spacial score (nSPS) is 15.0. The van der Waals surface area contributed by atoms with Crippen molar-refractivity contribution >= 4 is 0 Å². The van der Waals surface area contributed by atoms with Gasteiger partial charge in [0.1, 0.15) is 12.2 Å². The summed E-state index contributed by atoms with van der Waals surface area (Å²) >= 11 is 0. The Balaban J connectivity index is 2.17. The van der Waals surface area contributed by atoms with Gasteiger partial charge in [0.05, 0.1) is 47.3 Å². The Kier molecular flexibility index (Phi) is 11.0. The van der Waals surface area contributed by atoms with Crippen LogP contribution in [-0.4, -0.2) is 88.1 Å². The van der Waals surface area contributed by atoms with Crippen molar-refractivity contribution in [1.82, 2.24) is 0 Å². The van der Waals surface area contributed by atoms with Gasteiger partial charge in [0, 0.05) is 11.5 Å². The molecule has 12 heteroatoms. The van der Waals surface area contributed by atoms with E-state index in [4.69, 9.17) is 18.9 Å². The van der Waals surface area contributed by atoms with Gasteiger partial charge < -0.3 is 59.8 Å². The first kappa shape index (κ1) is 31.7. The Hall–Kier alpha value is -3.78. The molecule has 5 unspecified atom stereocenters. The van der Waals surface area contributed by atoms with Gasteiger partial charge in [0.15, 0.2) is 40.6 Å². The number of ether oxygens (including phenoxy) is 4. The average Bonchev–Trinajstić information content (AvgIpc) is 2.99. The second-order valence-electron chi connectivity index (χ2n) is 9.22. The van der Waals surface area contributed by atoms with Crippen LogP contribution in [0.3, 0.4) is 0 Å². The highest BCUT2D eigenvalue weighted by Crippen LogP contribution is 2.44. The van der Waals surface area contributed by atoms with Crippen molar-refractivity contribution in [2.45, 2.75) is 30.3 Å². The summed E-state index contributed by atoms with van der Waals surface area (Å²) in [5.41, 5.74) is 0.941. The number of aliphatic hydroxyl groups excluding tert-OH is 6. The van der Waals surface area contributed by atoms with Gasteiger partial charge >= 0.3 is 0 Å². The fourth-order valence-corrected chi connectivity index (χ4v) is 4.49. The molecule has 3 rings (SSSR count). The van der Waals surface area contributed by atoms with E-state index < -0.39 is 50.2 Å². The van der Waals surface area contributed by atoms with Gasteiger partial charge in [0.2, 0.25) is 0 Å². The van der Waals surface area contributed by atoms with Gasteiger partial charge in [-0.25, -0.2) is 0 Å². The summed E-state index contributed by atoms with van der Waals surface area (Å²) in [6, 6.07) is 11.2. The Morgan fingerprint density at radius 1 is 0.610 bits per heavy atom. The predicted octanol–water partition coefficient (Wildman–Crippen LogP) is 1.43. The lowest BCUT2D eigenvalue weighted by molar-refractivity contribution is -0.00422. The molecule has 3 aromatic carbocycles. The molecule has 0 heterocycles. The third-order valence-electron chi connectivity index (χ3n) is 6.75. The maximum Gasteiger partial charge on any atom is 0.162 e. The number of rotatable bonds is 14. The Labute approximate surface area is 236 Å².